The van der Waals surface area contributed by atoms with Crippen molar-refractivity contribution in [1.29, 1.82) is 0 Å². The minimum absolute atomic E-state index is 0.138. The van der Waals surface area contributed by atoms with E-state index in [0.29, 0.717) is 17.0 Å². The van der Waals surface area contributed by atoms with Gasteiger partial charge < -0.3 is 9.26 Å². The van der Waals surface area contributed by atoms with Gasteiger partial charge in [0.25, 0.3) is 5.91 Å². The first-order chi connectivity index (χ1) is 13.5. The molecule has 0 aliphatic rings. The average Bonchev–Trinajstić information content (AvgIpc) is 3.10. The first-order valence-electron chi connectivity index (χ1n) is 8.18. The van der Waals surface area contributed by atoms with Gasteiger partial charge in [-0.25, -0.2) is 5.43 Å². The fraction of sp³-hybridized carbons (Fsp3) is 0.105. The van der Waals surface area contributed by atoms with Crippen LogP contribution in [0.15, 0.2) is 58.2 Å². The highest BCUT2D eigenvalue weighted by Crippen LogP contribution is 2.27. The van der Waals surface area contributed by atoms with E-state index in [1.54, 1.807) is 13.0 Å². The molecule has 3 aromatic rings. The highest BCUT2D eigenvalue weighted by atomic mass is 16.6. The van der Waals surface area contributed by atoms with Crippen molar-refractivity contribution >= 4 is 17.8 Å². The summed E-state index contributed by atoms with van der Waals surface area (Å²) in [5.74, 6) is -0.0118. The number of hydrazone groups is 1. The Kier molecular flexibility index (Phi) is 5.45. The second-order valence-corrected chi connectivity index (χ2v) is 5.72. The normalized spacial score (nSPS) is 10.8. The number of ether oxygens (including phenoxy) is 1. The molecule has 0 unspecified atom stereocenters. The minimum atomic E-state index is -0.554. The lowest BCUT2D eigenvalue weighted by Crippen LogP contribution is -2.18. The molecule has 0 aliphatic carbocycles. The zero-order valence-electron chi connectivity index (χ0n) is 15.1. The molecule has 9 heteroatoms. The Morgan fingerprint density at radius 3 is 2.71 bits per heavy atom. The topological polar surface area (TPSA) is 120 Å². The quantitative estimate of drug-likeness (QED) is 0.398. The van der Waals surface area contributed by atoms with Crippen LogP contribution in [0, 0.1) is 17.0 Å². The number of carbonyl (C=O) groups excluding carboxylic acids is 1. The Bertz CT molecular complexity index is 1040. The maximum absolute atomic E-state index is 12.5. The Hall–Kier alpha value is -4.01. The van der Waals surface area contributed by atoms with Crippen LogP contribution in [-0.2, 0) is 0 Å². The van der Waals surface area contributed by atoms with Gasteiger partial charge in [0.05, 0.1) is 18.2 Å². The number of nitro groups is 1. The van der Waals surface area contributed by atoms with Crippen molar-refractivity contribution in [3.63, 3.8) is 0 Å². The van der Waals surface area contributed by atoms with Crippen molar-refractivity contribution in [2.45, 2.75) is 6.92 Å². The van der Waals surface area contributed by atoms with Gasteiger partial charge in [-0.05, 0) is 19.1 Å². The average molecular weight is 380 g/mol. The third-order valence-electron chi connectivity index (χ3n) is 3.92. The molecule has 1 aromatic heterocycles. The number of benzene rings is 2. The Morgan fingerprint density at radius 2 is 2.04 bits per heavy atom. The summed E-state index contributed by atoms with van der Waals surface area (Å²) in [5.41, 5.74) is 4.04. The maximum atomic E-state index is 12.5. The van der Waals surface area contributed by atoms with Gasteiger partial charge >= 0.3 is 5.69 Å². The third kappa shape index (κ3) is 3.88. The number of aryl methyl sites for hydroxylation is 1. The first kappa shape index (κ1) is 18.8. The largest absolute Gasteiger partial charge is 0.490 e. The van der Waals surface area contributed by atoms with Crippen LogP contribution in [0.25, 0.3) is 11.3 Å². The Labute approximate surface area is 159 Å². The molecule has 0 bridgehead atoms. The van der Waals surface area contributed by atoms with Crippen LogP contribution in [0.5, 0.6) is 5.75 Å². The summed E-state index contributed by atoms with van der Waals surface area (Å²) in [5, 5.41) is 18.9. The zero-order valence-corrected chi connectivity index (χ0v) is 15.1. The molecule has 0 atom stereocenters. The molecule has 1 N–H and O–H groups in total. The lowest BCUT2D eigenvalue weighted by molar-refractivity contribution is -0.385. The van der Waals surface area contributed by atoms with Crippen molar-refractivity contribution < 1.29 is 19.0 Å². The van der Waals surface area contributed by atoms with E-state index in [-0.39, 0.29) is 17.0 Å². The fourth-order valence-electron chi connectivity index (χ4n) is 2.58. The van der Waals surface area contributed by atoms with E-state index in [4.69, 9.17) is 9.26 Å². The molecule has 3 rings (SSSR count). The monoisotopic (exact) mass is 380 g/mol. The second kappa shape index (κ2) is 8.12. The smallest absolute Gasteiger partial charge is 0.311 e. The van der Waals surface area contributed by atoms with E-state index in [1.807, 2.05) is 30.3 Å². The lowest BCUT2D eigenvalue weighted by Gasteiger charge is -2.03. The van der Waals surface area contributed by atoms with Crippen molar-refractivity contribution in [2.24, 2.45) is 5.10 Å². The van der Waals surface area contributed by atoms with Gasteiger partial charge in [0.15, 0.2) is 5.75 Å². The highest BCUT2D eigenvalue weighted by Gasteiger charge is 2.21. The number of methoxy groups -OCH3 is 1. The number of nitrogens with zero attached hydrogens (tertiary/aromatic N) is 3. The molecular weight excluding hydrogens is 364 g/mol. The standard InChI is InChI=1S/C19H16N4O5/c1-12-17(18(22-28-12)14-6-4-3-5-7-14)19(24)21-20-11-13-8-9-16(27-2)15(10-13)23(25)26/h3-11H,1-2H3,(H,21,24)/b20-11+. The molecule has 0 fully saturated rings. The van der Waals surface area contributed by atoms with Gasteiger partial charge in [0, 0.05) is 17.2 Å². The van der Waals surface area contributed by atoms with Crippen LogP contribution in [0.4, 0.5) is 5.69 Å². The van der Waals surface area contributed by atoms with Crippen molar-refractivity contribution in [2.75, 3.05) is 7.11 Å². The molecule has 0 radical (unpaired) electrons. The molecule has 9 nitrogen and oxygen atoms in total. The molecule has 28 heavy (non-hydrogen) atoms. The van der Waals surface area contributed by atoms with Crippen LogP contribution >= 0.6 is 0 Å². The van der Waals surface area contributed by atoms with Gasteiger partial charge in [-0.2, -0.15) is 5.10 Å². The number of rotatable bonds is 6. The maximum Gasteiger partial charge on any atom is 0.311 e. The molecule has 1 amide bonds. The number of nitro benzene ring substituents is 1. The number of nitrogens with one attached hydrogen (secondary N) is 1. The highest BCUT2D eigenvalue weighted by molar-refractivity contribution is 6.01. The fourth-order valence-corrected chi connectivity index (χ4v) is 2.58. The predicted molar refractivity (Wildman–Crippen MR) is 101 cm³/mol. The summed E-state index contributed by atoms with van der Waals surface area (Å²) in [6.45, 7) is 1.63. The third-order valence-corrected chi connectivity index (χ3v) is 3.92. The number of amides is 1. The summed E-state index contributed by atoms with van der Waals surface area (Å²) >= 11 is 0. The van der Waals surface area contributed by atoms with Crippen molar-refractivity contribution in [1.82, 2.24) is 10.6 Å². The summed E-state index contributed by atoms with van der Waals surface area (Å²) in [7, 11) is 1.35. The molecule has 2 aromatic carbocycles. The molecule has 0 spiro atoms. The van der Waals surface area contributed by atoms with E-state index >= 15 is 0 Å². The molecular formula is C19H16N4O5. The minimum Gasteiger partial charge on any atom is -0.490 e. The van der Waals surface area contributed by atoms with Crippen LogP contribution in [0.3, 0.4) is 0 Å². The number of aromatic nitrogens is 1. The zero-order chi connectivity index (χ0) is 20.1. The van der Waals surface area contributed by atoms with Crippen LogP contribution < -0.4 is 10.2 Å². The van der Waals surface area contributed by atoms with Crippen LogP contribution in [0.1, 0.15) is 21.7 Å². The van der Waals surface area contributed by atoms with Gasteiger partial charge in [0.1, 0.15) is 17.0 Å². The molecule has 0 saturated heterocycles. The van der Waals surface area contributed by atoms with Gasteiger partial charge in [-0.15, -0.1) is 0 Å². The summed E-state index contributed by atoms with van der Waals surface area (Å²) in [6.07, 6.45) is 1.30. The van der Waals surface area contributed by atoms with E-state index in [2.05, 4.69) is 15.7 Å². The lowest BCUT2D eigenvalue weighted by atomic mass is 10.1. The van der Waals surface area contributed by atoms with Gasteiger partial charge in [-0.3, -0.25) is 14.9 Å². The number of hydrogen-bond donors (Lipinski definition) is 1. The van der Waals surface area contributed by atoms with E-state index in [0.717, 1.165) is 5.56 Å². The van der Waals surface area contributed by atoms with Crippen molar-refractivity contribution in [3.8, 4) is 17.0 Å². The van der Waals surface area contributed by atoms with E-state index < -0.39 is 10.8 Å². The molecule has 1 heterocycles. The van der Waals surface area contributed by atoms with E-state index in [9.17, 15) is 14.9 Å². The van der Waals surface area contributed by atoms with E-state index in [1.165, 1.54) is 25.5 Å². The van der Waals surface area contributed by atoms with Crippen LogP contribution in [-0.4, -0.2) is 29.3 Å². The molecule has 0 saturated carbocycles. The van der Waals surface area contributed by atoms with Gasteiger partial charge in [-0.1, -0.05) is 35.5 Å². The predicted octanol–water partition coefficient (Wildman–Crippen LogP) is 3.33. The Morgan fingerprint density at radius 1 is 1.29 bits per heavy atom. The summed E-state index contributed by atoms with van der Waals surface area (Å²) in [6, 6.07) is 13.5. The number of hydrogen-bond acceptors (Lipinski definition) is 7. The molecule has 0 aliphatic heterocycles. The first-order valence-corrected chi connectivity index (χ1v) is 8.18. The number of carbonyl (C=O) groups is 1. The Balaban J connectivity index is 1.79. The van der Waals surface area contributed by atoms with Crippen LogP contribution in [0.2, 0.25) is 0 Å². The second-order valence-electron chi connectivity index (χ2n) is 5.72. The van der Waals surface area contributed by atoms with Gasteiger partial charge in [0.2, 0.25) is 0 Å². The van der Waals surface area contributed by atoms with Crippen molar-refractivity contribution in [3.05, 3.63) is 75.5 Å². The molecule has 142 valence electrons. The summed E-state index contributed by atoms with van der Waals surface area (Å²) < 4.78 is 10.1. The SMILES string of the molecule is COc1ccc(/C=N/NC(=O)c2c(-c3ccccc3)noc2C)cc1[N+](=O)[O-]. The summed E-state index contributed by atoms with van der Waals surface area (Å²) in [4.78, 5) is 23.1.